The minimum atomic E-state index is 0.0314. The van der Waals surface area contributed by atoms with E-state index in [1.54, 1.807) is 0 Å². The number of carbonyl (C=O) groups excluding carboxylic acids is 1. The molecule has 2 aliphatic rings. The van der Waals surface area contributed by atoms with Crippen LogP contribution in [0, 0.1) is 0 Å². The summed E-state index contributed by atoms with van der Waals surface area (Å²) in [4.78, 5) is 15.3. The molecule has 0 spiro atoms. The van der Waals surface area contributed by atoms with Gasteiger partial charge in [0.25, 0.3) is 5.91 Å². The molecule has 150 valence electrons. The Morgan fingerprint density at radius 1 is 1.21 bits per heavy atom. The summed E-state index contributed by atoms with van der Waals surface area (Å²) >= 11 is 6.06. The van der Waals surface area contributed by atoms with Crippen LogP contribution < -0.4 is 0 Å². The van der Waals surface area contributed by atoms with Gasteiger partial charge in [0.2, 0.25) is 0 Å². The van der Waals surface area contributed by atoms with Gasteiger partial charge in [-0.1, -0.05) is 18.0 Å². The van der Waals surface area contributed by atoms with Crippen LogP contribution in [0.2, 0.25) is 5.02 Å². The second-order valence-corrected chi connectivity index (χ2v) is 8.14. The largest absolute Gasteiger partial charge is 0.376 e. The Bertz CT molecular complexity index is 825. The number of likely N-dealkylation sites (N-methyl/N-ethyl adjacent to an activating group) is 1. The summed E-state index contributed by atoms with van der Waals surface area (Å²) in [7, 11) is 0. The van der Waals surface area contributed by atoms with E-state index in [0.29, 0.717) is 23.8 Å². The highest BCUT2D eigenvalue weighted by Gasteiger charge is 2.29. The number of aromatic nitrogens is 2. The molecule has 4 rings (SSSR count). The molecule has 0 radical (unpaired) electrons. The third-order valence-electron chi connectivity index (χ3n) is 5.82. The first kappa shape index (κ1) is 19.5. The Morgan fingerprint density at radius 3 is 2.71 bits per heavy atom. The van der Waals surface area contributed by atoms with Gasteiger partial charge in [0, 0.05) is 36.0 Å². The Morgan fingerprint density at radius 2 is 2.00 bits per heavy atom. The normalized spacial score (nSPS) is 19.3. The van der Waals surface area contributed by atoms with Crippen LogP contribution in [0.25, 0.3) is 5.69 Å². The van der Waals surface area contributed by atoms with Gasteiger partial charge in [-0.15, -0.1) is 0 Å². The van der Waals surface area contributed by atoms with Crippen molar-refractivity contribution >= 4 is 17.5 Å². The number of rotatable bonds is 5. The number of benzene rings is 1. The molecule has 1 aliphatic carbocycles. The molecule has 2 heterocycles. The van der Waals surface area contributed by atoms with Gasteiger partial charge in [0.15, 0.2) is 5.69 Å². The molecule has 0 saturated carbocycles. The van der Waals surface area contributed by atoms with E-state index in [1.165, 1.54) is 12.1 Å². The quantitative estimate of drug-likeness (QED) is 0.696. The lowest BCUT2D eigenvalue weighted by atomic mass is 10.1. The van der Waals surface area contributed by atoms with E-state index in [2.05, 4.69) is 0 Å². The van der Waals surface area contributed by atoms with Crippen molar-refractivity contribution in [1.82, 2.24) is 14.7 Å². The fraction of sp³-hybridized carbons (Fsp3) is 0.545. The molecular formula is C22H28ClN3O2. The van der Waals surface area contributed by atoms with Gasteiger partial charge in [-0.2, -0.15) is 5.10 Å². The van der Waals surface area contributed by atoms with E-state index in [1.807, 2.05) is 40.8 Å². The number of carbonyl (C=O) groups is 1. The lowest BCUT2D eigenvalue weighted by molar-refractivity contribution is 0.0533. The minimum absolute atomic E-state index is 0.0314. The first-order valence-corrected chi connectivity index (χ1v) is 10.8. The number of hydrogen-bond acceptors (Lipinski definition) is 3. The molecular weight excluding hydrogens is 374 g/mol. The lowest BCUT2D eigenvalue weighted by Crippen LogP contribution is -2.37. The van der Waals surface area contributed by atoms with Gasteiger partial charge in [-0.3, -0.25) is 4.79 Å². The highest BCUT2D eigenvalue weighted by atomic mass is 35.5. The summed E-state index contributed by atoms with van der Waals surface area (Å²) in [6, 6.07) is 7.69. The van der Waals surface area contributed by atoms with Crippen LogP contribution in [0.5, 0.6) is 0 Å². The first-order chi connectivity index (χ1) is 13.7. The number of amides is 1. The first-order valence-electron chi connectivity index (χ1n) is 10.4. The Hall–Kier alpha value is -1.85. The van der Waals surface area contributed by atoms with E-state index in [4.69, 9.17) is 21.4 Å². The van der Waals surface area contributed by atoms with Crippen molar-refractivity contribution in [3.05, 3.63) is 46.2 Å². The van der Waals surface area contributed by atoms with Crippen LogP contribution in [0.15, 0.2) is 24.3 Å². The van der Waals surface area contributed by atoms with Crippen LogP contribution in [-0.2, 0) is 17.6 Å². The number of halogens is 1. The average molecular weight is 402 g/mol. The molecule has 1 aromatic heterocycles. The van der Waals surface area contributed by atoms with Gasteiger partial charge in [-0.25, -0.2) is 4.68 Å². The highest BCUT2D eigenvalue weighted by molar-refractivity contribution is 6.30. The maximum Gasteiger partial charge on any atom is 0.274 e. The van der Waals surface area contributed by atoms with Crippen LogP contribution in [0.1, 0.15) is 60.8 Å². The molecule has 2 aromatic rings. The lowest BCUT2D eigenvalue weighted by Gasteiger charge is -2.23. The Labute approximate surface area is 171 Å². The topological polar surface area (TPSA) is 47.4 Å². The third-order valence-corrected chi connectivity index (χ3v) is 6.07. The van der Waals surface area contributed by atoms with Crippen molar-refractivity contribution < 1.29 is 9.53 Å². The van der Waals surface area contributed by atoms with Crippen LogP contribution >= 0.6 is 11.6 Å². The van der Waals surface area contributed by atoms with E-state index in [-0.39, 0.29) is 12.0 Å². The standard InChI is InChI=1S/C22H28ClN3O2/c1-2-25(15-18-7-6-14-28-18)22(27)21-19-8-4-3-5-9-20(19)26(24-21)17-12-10-16(23)11-13-17/h10-13,18H,2-9,14-15H2,1H3. The Balaban J connectivity index is 1.69. The van der Waals surface area contributed by atoms with Crippen molar-refractivity contribution in [1.29, 1.82) is 0 Å². The number of nitrogens with zero attached hydrogens (tertiary/aromatic N) is 3. The van der Waals surface area contributed by atoms with E-state index in [0.717, 1.165) is 56.4 Å². The van der Waals surface area contributed by atoms with Crippen molar-refractivity contribution in [3.8, 4) is 5.69 Å². The number of fused-ring (bicyclic) bond motifs is 1. The second kappa shape index (κ2) is 8.66. The van der Waals surface area contributed by atoms with Crippen molar-refractivity contribution in [2.24, 2.45) is 0 Å². The van der Waals surface area contributed by atoms with Crippen LogP contribution in [0.4, 0.5) is 0 Å². The van der Waals surface area contributed by atoms with Crippen LogP contribution in [0.3, 0.4) is 0 Å². The van der Waals surface area contributed by atoms with E-state index < -0.39 is 0 Å². The molecule has 28 heavy (non-hydrogen) atoms. The van der Waals surface area contributed by atoms with Gasteiger partial charge in [0.1, 0.15) is 0 Å². The summed E-state index contributed by atoms with van der Waals surface area (Å²) in [6.45, 7) is 4.15. The van der Waals surface area contributed by atoms with E-state index >= 15 is 0 Å². The number of hydrogen-bond donors (Lipinski definition) is 0. The fourth-order valence-corrected chi connectivity index (χ4v) is 4.41. The van der Waals surface area contributed by atoms with Crippen LogP contribution in [-0.4, -0.2) is 46.4 Å². The molecule has 0 N–H and O–H groups in total. The van der Waals surface area contributed by atoms with Crippen molar-refractivity contribution in [2.45, 2.75) is 58.0 Å². The van der Waals surface area contributed by atoms with Crippen molar-refractivity contribution in [3.63, 3.8) is 0 Å². The molecule has 6 heteroatoms. The van der Waals surface area contributed by atoms with E-state index in [9.17, 15) is 4.79 Å². The highest BCUT2D eigenvalue weighted by Crippen LogP contribution is 2.28. The fourth-order valence-electron chi connectivity index (χ4n) is 4.28. The molecule has 5 nitrogen and oxygen atoms in total. The zero-order valence-electron chi connectivity index (χ0n) is 16.5. The van der Waals surface area contributed by atoms with Gasteiger partial charge in [0.05, 0.1) is 11.8 Å². The maximum atomic E-state index is 13.4. The van der Waals surface area contributed by atoms with Gasteiger partial charge < -0.3 is 9.64 Å². The molecule has 1 atom stereocenters. The van der Waals surface area contributed by atoms with Crippen molar-refractivity contribution in [2.75, 3.05) is 19.7 Å². The molecule has 1 aromatic carbocycles. The molecule has 1 amide bonds. The summed E-state index contributed by atoms with van der Waals surface area (Å²) in [5.74, 6) is 0.0314. The number of ether oxygens (including phenoxy) is 1. The minimum Gasteiger partial charge on any atom is -0.376 e. The summed E-state index contributed by atoms with van der Waals surface area (Å²) in [5, 5.41) is 5.52. The molecule has 1 saturated heterocycles. The van der Waals surface area contributed by atoms with Gasteiger partial charge >= 0.3 is 0 Å². The molecule has 1 aliphatic heterocycles. The maximum absolute atomic E-state index is 13.4. The summed E-state index contributed by atoms with van der Waals surface area (Å²) in [5.41, 5.74) is 3.88. The average Bonchev–Trinajstić information content (AvgIpc) is 3.28. The summed E-state index contributed by atoms with van der Waals surface area (Å²) < 4.78 is 7.72. The second-order valence-electron chi connectivity index (χ2n) is 7.70. The predicted octanol–water partition coefficient (Wildman–Crippen LogP) is 4.44. The zero-order chi connectivity index (χ0) is 19.5. The third kappa shape index (κ3) is 3.96. The van der Waals surface area contributed by atoms with Gasteiger partial charge in [-0.05, 0) is 69.7 Å². The monoisotopic (exact) mass is 401 g/mol. The molecule has 1 fully saturated rings. The zero-order valence-corrected chi connectivity index (χ0v) is 17.2. The molecule has 0 bridgehead atoms. The Kier molecular flexibility index (Phi) is 6.02. The molecule has 1 unspecified atom stereocenters. The summed E-state index contributed by atoms with van der Waals surface area (Å²) in [6.07, 6.45) is 7.57. The smallest absolute Gasteiger partial charge is 0.274 e. The SMILES string of the molecule is CCN(CC1CCCO1)C(=O)c1nn(-c2ccc(Cl)cc2)c2c1CCCCC2. The predicted molar refractivity (Wildman–Crippen MR) is 110 cm³/mol.